The average molecular weight is 331 g/mol. The normalized spacial score (nSPS) is 20.6. The minimum absolute atomic E-state index is 0.0203. The van der Waals surface area contributed by atoms with Gasteiger partial charge in [0.05, 0.1) is 10.9 Å². The van der Waals surface area contributed by atoms with Gasteiger partial charge in [-0.25, -0.2) is 12.8 Å². The van der Waals surface area contributed by atoms with Crippen molar-refractivity contribution in [3.63, 3.8) is 0 Å². The quantitative estimate of drug-likeness (QED) is 0.850. The number of rotatable bonds is 2. The molecular weight excluding hydrogens is 317 g/mol. The molecule has 6 heteroatoms. The summed E-state index contributed by atoms with van der Waals surface area (Å²) in [6.07, 6.45) is 0.750. The van der Waals surface area contributed by atoms with Crippen molar-refractivity contribution in [1.82, 2.24) is 4.31 Å². The van der Waals surface area contributed by atoms with E-state index in [-0.39, 0.29) is 17.1 Å². The van der Waals surface area contributed by atoms with Crippen LogP contribution in [0.5, 0.6) is 0 Å². The fourth-order valence-corrected chi connectivity index (χ4v) is 5.11. The van der Waals surface area contributed by atoms with E-state index in [1.807, 2.05) is 12.1 Å². The van der Waals surface area contributed by atoms with Crippen LogP contribution < -0.4 is 0 Å². The van der Waals surface area contributed by atoms with Gasteiger partial charge in [0.25, 0.3) is 0 Å². The Kier molecular flexibility index (Phi) is 3.14. The molecule has 1 heterocycles. The molecule has 0 aromatic heterocycles. The highest BCUT2D eigenvalue weighted by atomic mass is 32.2. The highest BCUT2D eigenvalue weighted by Gasteiger charge is 2.43. The van der Waals surface area contributed by atoms with Crippen LogP contribution in [0.2, 0.25) is 0 Å². The summed E-state index contributed by atoms with van der Waals surface area (Å²) in [4.78, 5) is 12.3. The summed E-state index contributed by atoms with van der Waals surface area (Å²) in [5.41, 5.74) is 2.52. The first-order chi connectivity index (χ1) is 11.0. The predicted molar refractivity (Wildman–Crippen MR) is 82.1 cm³/mol. The number of benzene rings is 2. The second-order valence-electron chi connectivity index (χ2n) is 5.84. The van der Waals surface area contributed by atoms with E-state index in [4.69, 9.17) is 0 Å². The van der Waals surface area contributed by atoms with Crippen LogP contribution in [0, 0.1) is 5.82 Å². The Morgan fingerprint density at radius 3 is 2.57 bits per heavy atom. The summed E-state index contributed by atoms with van der Waals surface area (Å²) in [5, 5.41) is 0. The van der Waals surface area contributed by atoms with Crippen molar-refractivity contribution in [2.75, 3.05) is 6.54 Å². The summed E-state index contributed by atoms with van der Waals surface area (Å²) in [6, 6.07) is 9.91. The van der Waals surface area contributed by atoms with Gasteiger partial charge in [-0.15, -0.1) is 0 Å². The van der Waals surface area contributed by atoms with Crippen LogP contribution in [-0.2, 0) is 16.4 Å². The third-order valence-electron chi connectivity index (χ3n) is 4.58. The van der Waals surface area contributed by atoms with Crippen LogP contribution in [0.25, 0.3) is 0 Å². The summed E-state index contributed by atoms with van der Waals surface area (Å²) < 4.78 is 40.2. The fourth-order valence-electron chi connectivity index (χ4n) is 3.52. The Morgan fingerprint density at radius 2 is 1.83 bits per heavy atom. The first kappa shape index (κ1) is 14.5. The van der Waals surface area contributed by atoms with E-state index in [9.17, 15) is 17.6 Å². The van der Waals surface area contributed by atoms with Crippen molar-refractivity contribution in [2.24, 2.45) is 0 Å². The van der Waals surface area contributed by atoms with Crippen molar-refractivity contribution in [1.29, 1.82) is 0 Å². The molecule has 4 rings (SSSR count). The number of nitrogens with zero attached hydrogens (tertiary/aromatic N) is 1. The maximum Gasteiger partial charge on any atom is 0.243 e. The second-order valence-corrected chi connectivity index (χ2v) is 7.73. The van der Waals surface area contributed by atoms with Gasteiger partial charge in [0.15, 0.2) is 5.78 Å². The zero-order chi connectivity index (χ0) is 16.2. The highest BCUT2D eigenvalue weighted by molar-refractivity contribution is 7.89. The van der Waals surface area contributed by atoms with E-state index >= 15 is 0 Å². The molecule has 1 aliphatic carbocycles. The Bertz CT molecular complexity index is 906. The molecule has 0 spiro atoms. The Labute approximate surface area is 133 Å². The number of sulfonamides is 1. The second kappa shape index (κ2) is 4.97. The molecule has 0 amide bonds. The van der Waals surface area contributed by atoms with Crippen LogP contribution in [0.1, 0.15) is 33.9 Å². The SMILES string of the molecule is O=C1CC2c3c(cccc31)CCN2S(=O)(=O)c1ccc(F)cc1. The monoisotopic (exact) mass is 331 g/mol. The maximum atomic E-state index is 13.1. The van der Waals surface area contributed by atoms with E-state index < -0.39 is 21.9 Å². The molecule has 0 radical (unpaired) electrons. The first-order valence-electron chi connectivity index (χ1n) is 7.41. The lowest BCUT2D eigenvalue weighted by Crippen LogP contribution is -2.39. The summed E-state index contributed by atoms with van der Waals surface area (Å²) in [6.45, 7) is 0.327. The third-order valence-corrected chi connectivity index (χ3v) is 6.50. The zero-order valence-corrected chi connectivity index (χ0v) is 13.0. The minimum atomic E-state index is -3.76. The van der Waals surface area contributed by atoms with Crippen molar-refractivity contribution < 1.29 is 17.6 Å². The van der Waals surface area contributed by atoms with Gasteiger partial charge < -0.3 is 0 Å². The molecule has 1 atom stereocenters. The molecule has 0 bridgehead atoms. The number of ketones is 1. The predicted octanol–water partition coefficient (Wildman–Crippen LogP) is 2.70. The Balaban J connectivity index is 1.80. The van der Waals surface area contributed by atoms with Gasteiger partial charge in [0.2, 0.25) is 10.0 Å². The van der Waals surface area contributed by atoms with Crippen LogP contribution >= 0.6 is 0 Å². The maximum absolute atomic E-state index is 13.1. The molecule has 1 aliphatic heterocycles. The fraction of sp³-hybridized carbons (Fsp3) is 0.235. The van der Waals surface area contributed by atoms with Gasteiger partial charge in [-0.1, -0.05) is 18.2 Å². The van der Waals surface area contributed by atoms with Gasteiger partial charge in [0, 0.05) is 18.5 Å². The summed E-state index contributed by atoms with van der Waals surface area (Å²) in [7, 11) is -3.76. The molecular formula is C17H14FNO3S. The molecule has 0 N–H and O–H groups in total. The van der Waals surface area contributed by atoms with E-state index in [0.717, 1.165) is 23.3 Å². The minimum Gasteiger partial charge on any atom is -0.294 e. The van der Waals surface area contributed by atoms with Crippen molar-refractivity contribution in [3.05, 3.63) is 65.0 Å². The smallest absolute Gasteiger partial charge is 0.243 e. The van der Waals surface area contributed by atoms with Crippen molar-refractivity contribution in [3.8, 4) is 0 Å². The molecule has 1 unspecified atom stereocenters. The van der Waals surface area contributed by atoms with Crippen LogP contribution in [0.15, 0.2) is 47.4 Å². The van der Waals surface area contributed by atoms with Gasteiger partial charge in [-0.2, -0.15) is 4.31 Å². The van der Waals surface area contributed by atoms with Gasteiger partial charge in [-0.05, 0) is 41.8 Å². The number of carbonyl (C=O) groups is 1. The summed E-state index contributed by atoms with van der Waals surface area (Å²) in [5.74, 6) is -0.501. The molecule has 2 aromatic rings. The number of hydrogen-bond donors (Lipinski definition) is 0. The molecule has 0 saturated carbocycles. The van der Waals surface area contributed by atoms with E-state index in [1.165, 1.54) is 16.4 Å². The standard InChI is InChI=1S/C17H14FNO3S/c18-12-4-6-13(7-5-12)23(21,22)19-9-8-11-2-1-3-14-16(20)10-15(19)17(11)14/h1-7,15H,8-10H2. The summed E-state index contributed by atoms with van der Waals surface area (Å²) >= 11 is 0. The molecule has 2 aliphatic rings. The van der Waals surface area contributed by atoms with Gasteiger partial charge in [-0.3, -0.25) is 4.79 Å². The average Bonchev–Trinajstić information content (AvgIpc) is 2.87. The number of carbonyl (C=O) groups excluding carboxylic acids is 1. The molecule has 4 nitrogen and oxygen atoms in total. The van der Waals surface area contributed by atoms with Crippen molar-refractivity contribution >= 4 is 15.8 Å². The van der Waals surface area contributed by atoms with Crippen LogP contribution in [0.3, 0.4) is 0 Å². The lowest BCUT2D eigenvalue weighted by atomic mass is 9.95. The van der Waals surface area contributed by atoms with Crippen LogP contribution in [0.4, 0.5) is 4.39 Å². The number of halogens is 1. The highest BCUT2D eigenvalue weighted by Crippen LogP contribution is 2.43. The third kappa shape index (κ3) is 2.13. The van der Waals surface area contributed by atoms with Gasteiger partial charge in [0.1, 0.15) is 5.82 Å². The molecule has 0 fully saturated rings. The largest absolute Gasteiger partial charge is 0.294 e. The Hall–Kier alpha value is -2.05. The van der Waals surface area contributed by atoms with E-state index in [2.05, 4.69) is 0 Å². The molecule has 23 heavy (non-hydrogen) atoms. The number of Topliss-reactive ketones (excluding diaryl/α,β-unsaturated/α-hetero) is 1. The van der Waals surface area contributed by atoms with E-state index in [1.54, 1.807) is 6.07 Å². The van der Waals surface area contributed by atoms with Crippen LogP contribution in [-0.4, -0.2) is 25.1 Å². The molecule has 2 aromatic carbocycles. The van der Waals surface area contributed by atoms with E-state index in [0.29, 0.717) is 18.5 Å². The lowest BCUT2D eigenvalue weighted by molar-refractivity contribution is 0.0975. The molecule has 118 valence electrons. The number of hydrogen-bond acceptors (Lipinski definition) is 3. The zero-order valence-electron chi connectivity index (χ0n) is 12.2. The topological polar surface area (TPSA) is 54.5 Å². The van der Waals surface area contributed by atoms with Gasteiger partial charge >= 0.3 is 0 Å². The first-order valence-corrected chi connectivity index (χ1v) is 8.85. The Morgan fingerprint density at radius 1 is 1.09 bits per heavy atom. The molecule has 0 saturated heterocycles. The van der Waals surface area contributed by atoms with Crippen molar-refractivity contribution in [2.45, 2.75) is 23.8 Å². The lowest BCUT2D eigenvalue weighted by Gasteiger charge is -2.33.